The van der Waals surface area contributed by atoms with E-state index in [-0.39, 0.29) is 0 Å². The minimum atomic E-state index is 0.778. The molecule has 0 aliphatic carbocycles. The van der Waals surface area contributed by atoms with Crippen molar-refractivity contribution < 1.29 is 4.74 Å². The van der Waals surface area contributed by atoms with Gasteiger partial charge in [0, 0.05) is 64.2 Å². The van der Waals surface area contributed by atoms with Crippen LogP contribution in [0.2, 0.25) is 0 Å². The quantitative estimate of drug-likeness (QED) is 0.471. The molecule has 0 saturated carbocycles. The lowest BCUT2D eigenvalue weighted by atomic mass is 10.2. The number of benzene rings is 2. The van der Waals surface area contributed by atoms with Gasteiger partial charge in [0.1, 0.15) is 5.75 Å². The maximum atomic E-state index is 5.26. The van der Waals surface area contributed by atoms with Gasteiger partial charge in [0.05, 0.1) is 7.11 Å². The van der Waals surface area contributed by atoms with Crippen LogP contribution in [0.1, 0.15) is 5.56 Å². The lowest BCUT2D eigenvalue weighted by Gasteiger charge is -2.37. The van der Waals surface area contributed by atoms with E-state index < -0.39 is 0 Å². The van der Waals surface area contributed by atoms with Crippen molar-refractivity contribution >= 4 is 17.3 Å². The average Bonchev–Trinajstić information content (AvgIpc) is 3.35. The molecule has 0 bridgehead atoms. The van der Waals surface area contributed by atoms with Crippen molar-refractivity contribution in [2.24, 2.45) is 4.99 Å². The molecule has 2 heterocycles. The number of rotatable bonds is 5. The number of guanidine groups is 1. The highest BCUT2D eigenvalue weighted by Crippen LogP contribution is 2.21. The van der Waals surface area contributed by atoms with Gasteiger partial charge >= 0.3 is 0 Å². The molecule has 2 aliphatic heterocycles. The number of aliphatic imine (C=N–C) groups is 1. The fourth-order valence-electron chi connectivity index (χ4n) is 4.03. The van der Waals surface area contributed by atoms with E-state index in [4.69, 9.17) is 4.74 Å². The van der Waals surface area contributed by atoms with Gasteiger partial charge < -0.3 is 24.8 Å². The van der Waals surface area contributed by atoms with Crippen molar-refractivity contribution in [3.63, 3.8) is 0 Å². The third-order valence-electron chi connectivity index (χ3n) is 5.77. The van der Waals surface area contributed by atoms with Gasteiger partial charge in [0.15, 0.2) is 5.96 Å². The molecule has 0 atom stereocenters. The van der Waals surface area contributed by atoms with Crippen LogP contribution >= 0.6 is 0 Å². The van der Waals surface area contributed by atoms with E-state index in [0.717, 1.165) is 57.5 Å². The van der Waals surface area contributed by atoms with Crippen molar-refractivity contribution in [1.29, 1.82) is 0 Å². The number of nitrogens with zero attached hydrogens (tertiary/aromatic N) is 4. The first kappa shape index (κ1) is 20.1. The molecule has 158 valence electrons. The summed E-state index contributed by atoms with van der Waals surface area (Å²) in [5.41, 5.74) is 3.80. The van der Waals surface area contributed by atoms with E-state index in [1.807, 2.05) is 19.2 Å². The molecule has 0 radical (unpaired) electrons. The molecule has 0 aromatic heterocycles. The number of hydrogen-bond acceptors (Lipinski definition) is 4. The number of ether oxygens (including phenoxy) is 1. The van der Waals surface area contributed by atoms with Crippen LogP contribution in [0.15, 0.2) is 65.7 Å². The van der Waals surface area contributed by atoms with Crippen molar-refractivity contribution in [3.8, 4) is 5.75 Å². The maximum Gasteiger partial charge on any atom is 0.194 e. The zero-order valence-corrected chi connectivity index (χ0v) is 17.9. The van der Waals surface area contributed by atoms with Crippen LogP contribution in [0, 0.1) is 0 Å². The Balaban J connectivity index is 1.30. The van der Waals surface area contributed by atoms with Gasteiger partial charge in [-0.15, -0.1) is 0 Å². The Kier molecular flexibility index (Phi) is 6.42. The van der Waals surface area contributed by atoms with Crippen LogP contribution in [-0.2, 0) is 6.54 Å². The Morgan fingerprint density at radius 2 is 1.67 bits per heavy atom. The Hall–Kier alpha value is -3.15. The zero-order valence-electron chi connectivity index (χ0n) is 17.9. The summed E-state index contributed by atoms with van der Waals surface area (Å²) in [5.74, 6) is 1.87. The number of nitrogens with one attached hydrogen (secondary N) is 1. The topological polar surface area (TPSA) is 43.3 Å². The van der Waals surface area contributed by atoms with Gasteiger partial charge in [-0.1, -0.05) is 24.3 Å². The molecule has 1 saturated heterocycles. The van der Waals surface area contributed by atoms with E-state index in [1.165, 1.54) is 16.9 Å². The molecule has 0 amide bonds. The summed E-state index contributed by atoms with van der Waals surface area (Å²) in [6, 6.07) is 17.1. The molecule has 30 heavy (non-hydrogen) atoms. The largest absolute Gasteiger partial charge is 0.497 e. The summed E-state index contributed by atoms with van der Waals surface area (Å²) >= 11 is 0. The highest BCUT2D eigenvalue weighted by Gasteiger charge is 2.20. The van der Waals surface area contributed by atoms with Crippen molar-refractivity contribution in [2.75, 3.05) is 63.2 Å². The van der Waals surface area contributed by atoms with E-state index in [1.54, 1.807) is 7.11 Å². The van der Waals surface area contributed by atoms with Crippen LogP contribution < -0.4 is 19.9 Å². The molecule has 2 aliphatic rings. The summed E-state index contributed by atoms with van der Waals surface area (Å²) in [6.45, 7) is 6.62. The van der Waals surface area contributed by atoms with Gasteiger partial charge in [0.25, 0.3) is 0 Å². The maximum absolute atomic E-state index is 5.26. The smallest absolute Gasteiger partial charge is 0.194 e. The highest BCUT2D eigenvalue weighted by atomic mass is 16.5. The second-order valence-corrected chi connectivity index (χ2v) is 7.62. The lowest BCUT2D eigenvalue weighted by molar-refractivity contribution is 0.372. The SMILES string of the molecule is CN=C(NCc1cccc(N2CC=CC2)c1)N1CCN(c2ccc(OC)cc2)CC1. The third-order valence-corrected chi connectivity index (χ3v) is 5.77. The summed E-state index contributed by atoms with van der Waals surface area (Å²) in [5, 5.41) is 3.55. The van der Waals surface area contributed by atoms with Gasteiger partial charge in [0.2, 0.25) is 0 Å². The second kappa shape index (κ2) is 9.57. The fourth-order valence-corrected chi connectivity index (χ4v) is 4.03. The van der Waals surface area contributed by atoms with Gasteiger partial charge in [-0.3, -0.25) is 4.99 Å². The molecule has 2 aromatic rings. The molecule has 2 aromatic carbocycles. The lowest BCUT2D eigenvalue weighted by Crippen LogP contribution is -2.52. The average molecular weight is 406 g/mol. The standard InChI is InChI=1S/C24H31N5O/c1-25-24(26-19-20-6-5-7-22(18-20)27-12-3-4-13-27)29-16-14-28(15-17-29)21-8-10-23(30-2)11-9-21/h3-11,18H,12-17,19H2,1-2H3,(H,25,26). The molecule has 6 nitrogen and oxygen atoms in total. The number of hydrogen-bond donors (Lipinski definition) is 1. The summed E-state index contributed by atoms with van der Waals surface area (Å²) in [7, 11) is 3.57. The molecule has 0 spiro atoms. The first-order valence-corrected chi connectivity index (χ1v) is 10.6. The van der Waals surface area contributed by atoms with Crippen LogP contribution in [0.25, 0.3) is 0 Å². The molecule has 0 unspecified atom stereocenters. The minimum absolute atomic E-state index is 0.778. The summed E-state index contributed by atoms with van der Waals surface area (Å²) < 4.78 is 5.26. The Bertz CT molecular complexity index is 877. The van der Waals surface area contributed by atoms with Gasteiger partial charge in [-0.2, -0.15) is 0 Å². The molecule has 4 rings (SSSR count). The van der Waals surface area contributed by atoms with Gasteiger partial charge in [-0.05, 0) is 42.0 Å². The van der Waals surface area contributed by atoms with Crippen LogP contribution in [0.5, 0.6) is 5.75 Å². The summed E-state index contributed by atoms with van der Waals surface area (Å²) in [4.78, 5) is 11.6. The second-order valence-electron chi connectivity index (χ2n) is 7.62. The van der Waals surface area contributed by atoms with Gasteiger partial charge in [-0.25, -0.2) is 0 Å². The Morgan fingerprint density at radius 3 is 2.33 bits per heavy atom. The number of methoxy groups -OCH3 is 1. The Labute approximate surface area is 179 Å². The predicted molar refractivity (Wildman–Crippen MR) is 125 cm³/mol. The predicted octanol–water partition coefficient (Wildman–Crippen LogP) is 2.97. The third kappa shape index (κ3) is 4.70. The van der Waals surface area contributed by atoms with Crippen LogP contribution in [0.3, 0.4) is 0 Å². The normalized spacial score (nSPS) is 16.9. The highest BCUT2D eigenvalue weighted by molar-refractivity contribution is 5.80. The van der Waals surface area contributed by atoms with E-state index in [0.29, 0.717) is 0 Å². The van der Waals surface area contributed by atoms with E-state index >= 15 is 0 Å². The molecule has 6 heteroatoms. The van der Waals surface area contributed by atoms with E-state index in [9.17, 15) is 0 Å². The molecular formula is C24H31N5O. The zero-order chi connectivity index (χ0) is 20.8. The van der Waals surface area contributed by atoms with Crippen LogP contribution in [-0.4, -0.2) is 64.3 Å². The van der Waals surface area contributed by atoms with E-state index in [2.05, 4.69) is 73.6 Å². The van der Waals surface area contributed by atoms with Crippen molar-refractivity contribution in [1.82, 2.24) is 10.2 Å². The number of anilines is 2. The fraction of sp³-hybridized carbons (Fsp3) is 0.375. The van der Waals surface area contributed by atoms with Crippen molar-refractivity contribution in [3.05, 3.63) is 66.2 Å². The molecular weight excluding hydrogens is 374 g/mol. The van der Waals surface area contributed by atoms with Crippen molar-refractivity contribution in [2.45, 2.75) is 6.54 Å². The first-order chi connectivity index (χ1) is 14.8. The summed E-state index contributed by atoms with van der Waals surface area (Å²) in [6.07, 6.45) is 4.44. The first-order valence-electron chi connectivity index (χ1n) is 10.6. The Morgan fingerprint density at radius 1 is 0.933 bits per heavy atom. The van der Waals surface area contributed by atoms with Crippen LogP contribution in [0.4, 0.5) is 11.4 Å². The minimum Gasteiger partial charge on any atom is -0.497 e. The monoisotopic (exact) mass is 405 g/mol. The molecule has 1 fully saturated rings. The molecule has 1 N–H and O–H groups in total. The number of piperazine rings is 1.